The molecule has 2 atom stereocenters. The van der Waals surface area contributed by atoms with Crippen LogP contribution in [0.3, 0.4) is 0 Å². The lowest BCUT2D eigenvalue weighted by Gasteiger charge is -2.36. The molecule has 1 aromatic heterocycles. The third-order valence-electron chi connectivity index (χ3n) is 6.40. The summed E-state index contributed by atoms with van der Waals surface area (Å²) in [6.07, 6.45) is 2.41. The molecule has 0 bridgehead atoms. The standard InChI is InChI=1S/C25H37N5O2/c1-4-26-25(30-13-11-29(12-14-30)18-23-16-20(3)32-28-23)27-17-22-6-5-15-31-24(22)21-9-7-19(2)8-10-21/h7-10,16,22,24H,4-6,11-15,17-18H2,1-3H3,(H,26,27). The minimum Gasteiger partial charge on any atom is -0.373 e. The Kier molecular flexibility index (Phi) is 7.81. The van der Waals surface area contributed by atoms with Crippen molar-refractivity contribution >= 4 is 5.96 Å². The van der Waals surface area contributed by atoms with Crippen LogP contribution in [0.2, 0.25) is 0 Å². The Balaban J connectivity index is 1.36. The number of aryl methyl sites for hydroxylation is 2. The fourth-order valence-electron chi connectivity index (χ4n) is 4.62. The average Bonchev–Trinajstić information content (AvgIpc) is 3.22. The van der Waals surface area contributed by atoms with E-state index in [1.54, 1.807) is 0 Å². The summed E-state index contributed by atoms with van der Waals surface area (Å²) in [7, 11) is 0. The normalized spacial score (nSPS) is 22.8. The molecule has 3 heterocycles. The van der Waals surface area contributed by atoms with E-state index in [0.29, 0.717) is 5.92 Å². The molecule has 7 heteroatoms. The summed E-state index contributed by atoms with van der Waals surface area (Å²) < 4.78 is 11.4. The molecule has 0 spiro atoms. The highest BCUT2D eigenvalue weighted by atomic mass is 16.5. The van der Waals surface area contributed by atoms with Crippen LogP contribution < -0.4 is 5.32 Å². The van der Waals surface area contributed by atoms with Gasteiger partial charge in [-0.15, -0.1) is 0 Å². The van der Waals surface area contributed by atoms with Crippen LogP contribution in [0.1, 0.15) is 48.5 Å². The van der Waals surface area contributed by atoms with Gasteiger partial charge in [-0.25, -0.2) is 0 Å². The molecule has 2 aliphatic rings. The molecular weight excluding hydrogens is 402 g/mol. The lowest BCUT2D eigenvalue weighted by molar-refractivity contribution is -0.0251. The van der Waals surface area contributed by atoms with E-state index in [1.165, 1.54) is 11.1 Å². The van der Waals surface area contributed by atoms with Gasteiger partial charge in [0.1, 0.15) is 5.76 Å². The van der Waals surface area contributed by atoms with Crippen LogP contribution >= 0.6 is 0 Å². The number of guanidine groups is 1. The quantitative estimate of drug-likeness (QED) is 0.549. The summed E-state index contributed by atoms with van der Waals surface area (Å²) in [6.45, 7) is 13.5. The predicted molar refractivity (Wildman–Crippen MR) is 127 cm³/mol. The first-order valence-electron chi connectivity index (χ1n) is 12.0. The summed E-state index contributed by atoms with van der Waals surface area (Å²) in [5.41, 5.74) is 3.57. The lowest BCUT2D eigenvalue weighted by Crippen LogP contribution is -2.52. The smallest absolute Gasteiger partial charge is 0.194 e. The molecule has 2 saturated heterocycles. The second-order valence-corrected chi connectivity index (χ2v) is 8.99. The van der Waals surface area contributed by atoms with Crippen LogP contribution in [0, 0.1) is 19.8 Å². The Labute approximate surface area is 191 Å². The van der Waals surface area contributed by atoms with Gasteiger partial charge in [-0.3, -0.25) is 9.89 Å². The summed E-state index contributed by atoms with van der Waals surface area (Å²) in [4.78, 5) is 9.89. The van der Waals surface area contributed by atoms with E-state index in [1.807, 2.05) is 13.0 Å². The van der Waals surface area contributed by atoms with E-state index in [2.05, 4.69) is 58.4 Å². The van der Waals surface area contributed by atoms with Crippen molar-refractivity contribution in [1.82, 2.24) is 20.3 Å². The number of nitrogens with one attached hydrogen (secondary N) is 1. The number of rotatable bonds is 6. The third-order valence-corrected chi connectivity index (χ3v) is 6.40. The predicted octanol–water partition coefficient (Wildman–Crippen LogP) is 3.54. The maximum atomic E-state index is 6.20. The van der Waals surface area contributed by atoms with Gasteiger partial charge in [-0.2, -0.15) is 0 Å². The van der Waals surface area contributed by atoms with E-state index < -0.39 is 0 Å². The Bertz CT molecular complexity index is 871. The van der Waals surface area contributed by atoms with E-state index in [9.17, 15) is 0 Å². The van der Waals surface area contributed by atoms with Gasteiger partial charge >= 0.3 is 0 Å². The third kappa shape index (κ3) is 5.90. The van der Waals surface area contributed by atoms with Crippen molar-refractivity contribution < 1.29 is 9.26 Å². The topological polar surface area (TPSA) is 66.1 Å². The van der Waals surface area contributed by atoms with Crippen molar-refractivity contribution in [2.45, 2.75) is 46.3 Å². The molecule has 2 aliphatic heterocycles. The van der Waals surface area contributed by atoms with Crippen LogP contribution in [0.25, 0.3) is 0 Å². The summed E-state index contributed by atoms with van der Waals surface area (Å²) in [5.74, 6) is 2.31. The second-order valence-electron chi connectivity index (χ2n) is 8.99. The lowest BCUT2D eigenvalue weighted by atomic mass is 9.89. The van der Waals surface area contributed by atoms with Crippen LogP contribution in [-0.2, 0) is 11.3 Å². The molecule has 2 unspecified atom stereocenters. The first-order valence-corrected chi connectivity index (χ1v) is 12.0. The molecule has 2 fully saturated rings. The number of ether oxygens (including phenoxy) is 1. The molecule has 4 rings (SSSR count). The van der Waals surface area contributed by atoms with E-state index >= 15 is 0 Å². The molecule has 1 N–H and O–H groups in total. The molecule has 2 aromatic rings. The minimum atomic E-state index is 0.138. The largest absolute Gasteiger partial charge is 0.373 e. The Morgan fingerprint density at radius 1 is 1.16 bits per heavy atom. The Morgan fingerprint density at radius 3 is 2.62 bits per heavy atom. The zero-order chi connectivity index (χ0) is 22.3. The van der Waals surface area contributed by atoms with Crippen LogP contribution in [0.5, 0.6) is 0 Å². The van der Waals surface area contributed by atoms with Gasteiger partial charge in [0.15, 0.2) is 5.96 Å². The van der Waals surface area contributed by atoms with Gasteiger partial charge in [-0.1, -0.05) is 35.0 Å². The molecule has 1 aromatic carbocycles. The molecule has 0 saturated carbocycles. The number of hydrogen-bond donors (Lipinski definition) is 1. The molecule has 0 radical (unpaired) electrons. The molecule has 174 valence electrons. The van der Waals surface area contributed by atoms with Gasteiger partial charge in [0.05, 0.1) is 11.8 Å². The van der Waals surface area contributed by atoms with Crippen molar-refractivity contribution in [3.8, 4) is 0 Å². The highest BCUT2D eigenvalue weighted by Gasteiger charge is 2.28. The number of piperazine rings is 1. The maximum absolute atomic E-state index is 6.20. The molecule has 0 amide bonds. The molecular formula is C25H37N5O2. The van der Waals surface area contributed by atoms with Crippen molar-refractivity contribution in [1.29, 1.82) is 0 Å². The van der Waals surface area contributed by atoms with E-state index in [0.717, 1.165) is 82.7 Å². The van der Waals surface area contributed by atoms with Crippen molar-refractivity contribution in [2.75, 3.05) is 45.9 Å². The minimum absolute atomic E-state index is 0.138. The summed E-state index contributed by atoms with van der Waals surface area (Å²) in [6, 6.07) is 10.8. The van der Waals surface area contributed by atoms with Crippen LogP contribution in [0.4, 0.5) is 0 Å². The number of hydrogen-bond acceptors (Lipinski definition) is 5. The second kappa shape index (κ2) is 11.0. The van der Waals surface area contributed by atoms with Crippen molar-refractivity contribution in [3.05, 3.63) is 52.9 Å². The average molecular weight is 440 g/mol. The van der Waals surface area contributed by atoms with Crippen molar-refractivity contribution in [3.63, 3.8) is 0 Å². The highest BCUT2D eigenvalue weighted by Crippen LogP contribution is 2.34. The van der Waals surface area contributed by atoms with E-state index in [-0.39, 0.29) is 6.10 Å². The maximum Gasteiger partial charge on any atom is 0.194 e. The highest BCUT2D eigenvalue weighted by molar-refractivity contribution is 5.80. The summed E-state index contributed by atoms with van der Waals surface area (Å²) >= 11 is 0. The zero-order valence-corrected chi connectivity index (χ0v) is 19.7. The monoisotopic (exact) mass is 439 g/mol. The Morgan fingerprint density at radius 2 is 1.94 bits per heavy atom. The SMILES string of the molecule is CCNC(=NCC1CCCOC1c1ccc(C)cc1)N1CCN(Cc2cc(C)on2)CC1. The van der Waals surface area contributed by atoms with Gasteiger partial charge in [0.25, 0.3) is 0 Å². The van der Waals surface area contributed by atoms with Gasteiger partial charge in [0, 0.05) is 64.4 Å². The zero-order valence-electron chi connectivity index (χ0n) is 19.7. The van der Waals surface area contributed by atoms with Gasteiger partial charge in [-0.05, 0) is 39.2 Å². The first-order chi connectivity index (χ1) is 15.6. The van der Waals surface area contributed by atoms with Crippen LogP contribution in [0.15, 0.2) is 39.8 Å². The van der Waals surface area contributed by atoms with Gasteiger partial charge < -0.3 is 19.5 Å². The fourth-order valence-corrected chi connectivity index (χ4v) is 4.62. The fraction of sp³-hybridized carbons (Fsp3) is 0.600. The van der Waals surface area contributed by atoms with Crippen LogP contribution in [-0.4, -0.2) is 66.8 Å². The first kappa shape index (κ1) is 22.8. The van der Waals surface area contributed by atoms with Gasteiger partial charge in [0.2, 0.25) is 0 Å². The number of nitrogens with zero attached hydrogens (tertiary/aromatic N) is 4. The molecule has 32 heavy (non-hydrogen) atoms. The molecule has 7 nitrogen and oxygen atoms in total. The summed E-state index contributed by atoms with van der Waals surface area (Å²) in [5, 5.41) is 7.64. The molecule has 0 aliphatic carbocycles. The number of aromatic nitrogens is 1. The number of aliphatic imine (C=N–C) groups is 1. The Hall–Kier alpha value is -2.38. The van der Waals surface area contributed by atoms with E-state index in [4.69, 9.17) is 14.3 Å². The van der Waals surface area contributed by atoms with Crippen molar-refractivity contribution in [2.24, 2.45) is 10.9 Å². The number of benzene rings is 1.